The van der Waals surface area contributed by atoms with Crippen LogP contribution in [0.4, 0.5) is 0 Å². The van der Waals surface area contributed by atoms with Crippen molar-refractivity contribution in [2.45, 2.75) is 0 Å². The van der Waals surface area contributed by atoms with E-state index in [0.717, 1.165) is 0 Å². The second-order valence-electron chi connectivity index (χ2n) is 0.204. The van der Waals surface area contributed by atoms with Crippen LogP contribution in [0.2, 0.25) is 0 Å². The van der Waals surface area contributed by atoms with Crippen LogP contribution >= 0.6 is 0 Å². The Bertz CT molecular complexity index is 32.5. The summed E-state index contributed by atoms with van der Waals surface area (Å²) in [4.78, 5) is 0. The molecular formula is H12NiO9S. The van der Waals surface area contributed by atoms with Crippen LogP contribution < -0.4 is 0 Å². The molecule has 0 radical (unpaired) electrons. The predicted octanol–water partition coefficient (Wildman–Crippen LogP) is -5.95. The van der Waals surface area contributed by atoms with Crippen LogP contribution in [-0.2, 0) is 27.9 Å². The average Bonchev–Trinajstić information content (AvgIpc) is 0.811. The van der Waals surface area contributed by atoms with Crippen molar-refractivity contribution < 1.29 is 62.7 Å². The van der Waals surface area contributed by atoms with Crippen molar-refractivity contribution in [2.75, 3.05) is 0 Å². The van der Waals surface area contributed by atoms with Crippen molar-refractivity contribution in [1.82, 2.24) is 0 Å². The van der Waals surface area contributed by atoms with Crippen molar-refractivity contribution in [3.05, 3.63) is 0 Å². The molecule has 9 nitrogen and oxygen atoms in total. The molecule has 0 aliphatic rings. The Hall–Kier alpha value is 0.324. The van der Waals surface area contributed by atoms with E-state index in [1.54, 1.807) is 0 Å². The standard InChI is InChI=1S/Ni.H2O3S.6H2O/c;1-4(2)3;;;;;;/h;(H2,1,2,3);6*1H2/q+2;;;;;;;/p-2. The SMILES string of the molecule is O.O.O.O.O.O.O=S([O-])[O-].[Ni+2]. The van der Waals surface area contributed by atoms with Crippen molar-refractivity contribution >= 4 is 11.4 Å². The molecular weight excluding hydrogens is 235 g/mol. The molecule has 0 heterocycles. The van der Waals surface area contributed by atoms with Gasteiger partial charge in [-0.25, -0.2) is 0 Å². The Kier molecular flexibility index (Phi) is 807. The molecule has 0 amide bonds. The first-order valence-corrected chi connectivity index (χ1v) is 1.50. The smallest absolute Gasteiger partial charge is 0.784 e. The van der Waals surface area contributed by atoms with Crippen LogP contribution in [0.25, 0.3) is 0 Å². The average molecular weight is 247 g/mol. The number of hydrogen-bond donors (Lipinski definition) is 0. The molecule has 0 saturated heterocycles. The van der Waals surface area contributed by atoms with Crippen LogP contribution in [0.3, 0.4) is 0 Å². The minimum atomic E-state index is -3.11. The third-order valence-electron chi connectivity index (χ3n) is 0. The van der Waals surface area contributed by atoms with E-state index < -0.39 is 11.4 Å². The van der Waals surface area contributed by atoms with Gasteiger partial charge in [-0.05, 0) is 0 Å². The second-order valence-corrected chi connectivity index (χ2v) is 0.612. The van der Waals surface area contributed by atoms with E-state index in [9.17, 15) is 0 Å². The van der Waals surface area contributed by atoms with Crippen molar-refractivity contribution in [1.29, 1.82) is 0 Å². The second kappa shape index (κ2) is 81.2. The third-order valence-corrected chi connectivity index (χ3v) is 0. The molecule has 0 aromatic carbocycles. The maximum atomic E-state index is 8.44. The summed E-state index contributed by atoms with van der Waals surface area (Å²) >= 11 is -3.11. The molecule has 0 bridgehead atoms. The fourth-order valence-electron chi connectivity index (χ4n) is 0. The predicted molar refractivity (Wildman–Crippen MR) is 31.4 cm³/mol. The van der Waals surface area contributed by atoms with Crippen molar-refractivity contribution in [3.8, 4) is 0 Å². The summed E-state index contributed by atoms with van der Waals surface area (Å²) in [5, 5.41) is 0. The Balaban J connectivity index is -0.00000000214. The first kappa shape index (κ1) is 109. The fraction of sp³-hybridized carbons (Fsp3) is 0. The van der Waals surface area contributed by atoms with E-state index in [1.807, 2.05) is 0 Å². The van der Waals surface area contributed by atoms with Crippen molar-refractivity contribution in [2.24, 2.45) is 0 Å². The molecule has 0 aromatic rings. The van der Waals surface area contributed by atoms with Gasteiger partial charge in [-0.15, -0.1) is 11.4 Å². The maximum absolute atomic E-state index is 8.44. The van der Waals surface area contributed by atoms with Crippen molar-refractivity contribution in [3.63, 3.8) is 0 Å². The molecule has 0 spiro atoms. The molecule has 12 N–H and O–H groups in total. The minimum absolute atomic E-state index is 0. The van der Waals surface area contributed by atoms with Gasteiger partial charge in [-0.1, -0.05) is 0 Å². The van der Waals surface area contributed by atoms with Gasteiger partial charge in [0.15, 0.2) is 0 Å². The minimum Gasteiger partial charge on any atom is -0.784 e. The molecule has 0 aliphatic carbocycles. The van der Waals surface area contributed by atoms with E-state index in [0.29, 0.717) is 0 Å². The first-order chi connectivity index (χ1) is 1.73. The summed E-state index contributed by atoms with van der Waals surface area (Å²) in [6.45, 7) is 0. The van der Waals surface area contributed by atoms with E-state index in [1.165, 1.54) is 0 Å². The third kappa shape index (κ3) is 6830. The maximum Gasteiger partial charge on any atom is 2.00 e. The van der Waals surface area contributed by atoms with Crippen LogP contribution in [-0.4, -0.2) is 46.2 Å². The van der Waals surface area contributed by atoms with Gasteiger partial charge in [0, 0.05) is 0 Å². The summed E-state index contributed by atoms with van der Waals surface area (Å²) in [6, 6.07) is 0. The number of rotatable bonds is 0. The molecule has 0 aromatic heterocycles. The first-order valence-electron chi connectivity index (χ1n) is 0.500. The normalized spacial score (nSPS) is 3.18. The fourth-order valence-corrected chi connectivity index (χ4v) is 0. The summed E-state index contributed by atoms with van der Waals surface area (Å²) in [5.74, 6) is 0. The van der Waals surface area contributed by atoms with E-state index in [4.69, 9.17) is 13.3 Å². The van der Waals surface area contributed by atoms with Gasteiger partial charge in [-0.3, -0.25) is 4.21 Å². The van der Waals surface area contributed by atoms with E-state index in [2.05, 4.69) is 0 Å². The Morgan fingerprint density at radius 3 is 0.727 bits per heavy atom. The molecule has 0 rings (SSSR count). The Morgan fingerprint density at radius 1 is 0.727 bits per heavy atom. The van der Waals surface area contributed by atoms with Gasteiger partial charge < -0.3 is 42.0 Å². The summed E-state index contributed by atoms with van der Waals surface area (Å²) in [7, 11) is 0. The van der Waals surface area contributed by atoms with Gasteiger partial charge >= 0.3 is 16.5 Å². The Morgan fingerprint density at radius 2 is 0.727 bits per heavy atom. The summed E-state index contributed by atoms with van der Waals surface area (Å²) in [6.07, 6.45) is 0. The molecule has 82 valence electrons. The molecule has 0 saturated carbocycles. The number of hydrogen-bond acceptors (Lipinski definition) is 3. The molecule has 0 aliphatic heterocycles. The van der Waals surface area contributed by atoms with Gasteiger partial charge in [0.2, 0.25) is 0 Å². The van der Waals surface area contributed by atoms with Crippen LogP contribution in [0.15, 0.2) is 0 Å². The van der Waals surface area contributed by atoms with Crippen LogP contribution in [0, 0.1) is 0 Å². The quantitative estimate of drug-likeness (QED) is 0.299. The monoisotopic (exact) mass is 246 g/mol. The van der Waals surface area contributed by atoms with Gasteiger partial charge in [-0.2, -0.15) is 0 Å². The summed E-state index contributed by atoms with van der Waals surface area (Å²) < 4.78 is 25.3. The van der Waals surface area contributed by atoms with Gasteiger partial charge in [0.1, 0.15) is 0 Å². The van der Waals surface area contributed by atoms with Gasteiger partial charge in [0.05, 0.1) is 0 Å². The van der Waals surface area contributed by atoms with Crippen LogP contribution in [0.5, 0.6) is 0 Å². The zero-order valence-corrected chi connectivity index (χ0v) is 6.75. The largest absolute Gasteiger partial charge is 2.00 e. The topological polar surface area (TPSA) is 252 Å². The molecule has 11 heteroatoms. The molecule has 0 fully saturated rings. The van der Waals surface area contributed by atoms with E-state index in [-0.39, 0.29) is 49.3 Å². The van der Waals surface area contributed by atoms with E-state index >= 15 is 0 Å². The van der Waals surface area contributed by atoms with Crippen LogP contribution in [0.1, 0.15) is 0 Å². The Labute approximate surface area is 74.7 Å². The molecule has 0 unspecified atom stereocenters. The zero-order chi connectivity index (χ0) is 3.58. The molecule has 0 atom stereocenters. The molecule has 11 heavy (non-hydrogen) atoms. The zero-order valence-electron chi connectivity index (χ0n) is 4.95. The van der Waals surface area contributed by atoms with Gasteiger partial charge in [0.25, 0.3) is 0 Å². The summed E-state index contributed by atoms with van der Waals surface area (Å²) in [5.41, 5.74) is 0.